The molecule has 3 aromatic rings. The number of hydrogen-bond donors (Lipinski definition) is 1. The van der Waals surface area contributed by atoms with Crippen molar-refractivity contribution in [3.63, 3.8) is 0 Å². The molecule has 0 unspecified atom stereocenters. The molecule has 2 fully saturated rings. The van der Waals surface area contributed by atoms with E-state index < -0.39 is 6.36 Å². The molecule has 1 aromatic heterocycles. The molecule has 2 saturated heterocycles. The number of piperidine rings is 1. The summed E-state index contributed by atoms with van der Waals surface area (Å²) in [5, 5.41) is 6.68. The zero-order valence-corrected chi connectivity index (χ0v) is 20.6. The number of anilines is 1. The minimum Gasteiger partial charge on any atom is -0.406 e. The Morgan fingerprint density at radius 3 is 2.49 bits per heavy atom. The molecule has 5 rings (SSSR count). The third-order valence-electron chi connectivity index (χ3n) is 7.33. The van der Waals surface area contributed by atoms with Crippen molar-refractivity contribution in [3.8, 4) is 16.9 Å². The lowest BCUT2D eigenvalue weighted by molar-refractivity contribution is -0.274. The second-order valence-corrected chi connectivity index (χ2v) is 9.73. The van der Waals surface area contributed by atoms with Crippen molar-refractivity contribution in [1.29, 1.82) is 0 Å². The number of hydrogen-bond acceptors (Lipinski definition) is 5. The van der Waals surface area contributed by atoms with Crippen molar-refractivity contribution in [2.24, 2.45) is 0 Å². The molecule has 2 amide bonds. The SMILES string of the molecule is Cc1noc(NC(=O)N2CCC3(CC2)C[C@@H](c2cccc(-c4ccc(OC(F)(F)F)cc4)c2)CO3)c1C. The van der Waals surface area contributed by atoms with E-state index in [1.807, 2.05) is 26.0 Å². The van der Waals surface area contributed by atoms with Gasteiger partial charge in [-0.3, -0.25) is 5.32 Å². The number of alkyl halides is 3. The van der Waals surface area contributed by atoms with Crippen LogP contribution in [0.25, 0.3) is 11.1 Å². The molecule has 7 nitrogen and oxygen atoms in total. The number of aryl methyl sites for hydroxylation is 1. The molecule has 10 heteroatoms. The second-order valence-electron chi connectivity index (χ2n) is 9.73. The number of halogens is 3. The van der Waals surface area contributed by atoms with Crippen LogP contribution in [-0.2, 0) is 4.74 Å². The summed E-state index contributed by atoms with van der Waals surface area (Å²) in [6.07, 6.45) is -2.38. The van der Waals surface area contributed by atoms with E-state index >= 15 is 0 Å². The number of nitrogens with one attached hydrogen (secondary N) is 1. The Kier molecular flexibility index (Phi) is 6.61. The van der Waals surface area contributed by atoms with Gasteiger partial charge in [-0.1, -0.05) is 41.6 Å². The van der Waals surface area contributed by atoms with E-state index in [4.69, 9.17) is 9.26 Å². The summed E-state index contributed by atoms with van der Waals surface area (Å²) in [5.41, 5.74) is 4.14. The van der Waals surface area contributed by atoms with Crippen LogP contribution >= 0.6 is 0 Å². The van der Waals surface area contributed by atoms with Crippen LogP contribution in [0, 0.1) is 13.8 Å². The molecule has 0 radical (unpaired) electrons. The first-order valence-electron chi connectivity index (χ1n) is 12.2. The van der Waals surface area contributed by atoms with Crippen molar-refractivity contribution in [2.75, 3.05) is 25.0 Å². The number of rotatable bonds is 4. The van der Waals surface area contributed by atoms with E-state index in [1.165, 1.54) is 12.1 Å². The largest absolute Gasteiger partial charge is 0.573 e. The molecule has 1 N–H and O–H groups in total. The van der Waals surface area contributed by atoms with E-state index in [-0.39, 0.29) is 23.3 Å². The fourth-order valence-electron chi connectivity index (χ4n) is 5.05. The van der Waals surface area contributed by atoms with Crippen LogP contribution in [-0.4, -0.2) is 47.7 Å². The lowest BCUT2D eigenvalue weighted by atomic mass is 9.83. The number of ether oxygens (including phenoxy) is 2. The number of carbonyl (C=O) groups excluding carboxylic acids is 1. The normalized spacial score (nSPS) is 19.3. The first-order chi connectivity index (χ1) is 17.6. The molecular formula is C27H28F3N3O4. The minimum atomic E-state index is -4.71. The zero-order chi connectivity index (χ0) is 26.2. The molecule has 0 aliphatic carbocycles. The number of aromatic nitrogens is 1. The van der Waals surface area contributed by atoms with Gasteiger partial charge in [0.15, 0.2) is 0 Å². The van der Waals surface area contributed by atoms with Crippen LogP contribution in [0.4, 0.5) is 23.8 Å². The predicted octanol–water partition coefficient (Wildman–Crippen LogP) is 6.43. The molecule has 37 heavy (non-hydrogen) atoms. The molecular weight excluding hydrogens is 487 g/mol. The highest BCUT2D eigenvalue weighted by molar-refractivity contribution is 5.88. The first-order valence-corrected chi connectivity index (χ1v) is 12.2. The van der Waals surface area contributed by atoms with Gasteiger partial charge in [0, 0.05) is 24.6 Å². The number of urea groups is 1. The minimum absolute atomic E-state index is 0.202. The quantitative estimate of drug-likeness (QED) is 0.434. The maximum atomic E-state index is 12.7. The molecule has 2 aromatic carbocycles. The Morgan fingerprint density at radius 1 is 1.11 bits per heavy atom. The zero-order valence-electron chi connectivity index (χ0n) is 20.6. The maximum Gasteiger partial charge on any atom is 0.573 e. The Labute approximate surface area is 212 Å². The van der Waals surface area contributed by atoms with Gasteiger partial charge in [-0.25, -0.2) is 4.79 Å². The summed E-state index contributed by atoms with van der Waals surface area (Å²) in [4.78, 5) is 14.5. The average Bonchev–Trinajstić information content (AvgIpc) is 3.42. The van der Waals surface area contributed by atoms with Crippen LogP contribution in [0.3, 0.4) is 0 Å². The maximum absolute atomic E-state index is 12.7. The van der Waals surface area contributed by atoms with Gasteiger partial charge in [0.25, 0.3) is 0 Å². The fraction of sp³-hybridized carbons (Fsp3) is 0.407. The summed E-state index contributed by atoms with van der Waals surface area (Å²) >= 11 is 0. The molecule has 0 bridgehead atoms. The lowest BCUT2D eigenvalue weighted by Crippen LogP contribution is -2.47. The Bertz CT molecular complexity index is 1260. The summed E-state index contributed by atoms with van der Waals surface area (Å²) in [5.74, 6) is 0.333. The first kappa shape index (κ1) is 25.1. The molecule has 2 aliphatic rings. The smallest absolute Gasteiger partial charge is 0.406 e. The van der Waals surface area contributed by atoms with Gasteiger partial charge >= 0.3 is 12.4 Å². The third-order valence-corrected chi connectivity index (χ3v) is 7.33. The fourth-order valence-corrected chi connectivity index (χ4v) is 5.05. The average molecular weight is 516 g/mol. The highest BCUT2D eigenvalue weighted by atomic mass is 19.4. The monoisotopic (exact) mass is 515 g/mol. The number of carbonyl (C=O) groups is 1. The molecule has 1 spiro atoms. The van der Waals surface area contributed by atoms with E-state index in [0.29, 0.717) is 25.6 Å². The molecule has 196 valence electrons. The standard InChI is InChI=1S/C27H28F3N3O4/c1-17-18(2)32-37-24(17)31-25(34)33-12-10-26(11-13-33)15-22(16-35-26)21-5-3-4-20(14-21)19-6-8-23(9-7-19)36-27(28,29)30/h3-9,14,22H,10-13,15-16H2,1-2H3,(H,31,34)/t22-/m1/s1. The van der Waals surface area contributed by atoms with Gasteiger partial charge in [0.05, 0.1) is 17.9 Å². The number of likely N-dealkylation sites (tertiary alicyclic amines) is 1. The molecule has 3 heterocycles. The molecule has 2 aliphatic heterocycles. The highest BCUT2D eigenvalue weighted by Gasteiger charge is 2.44. The molecule has 1 atom stereocenters. The van der Waals surface area contributed by atoms with Crippen molar-refractivity contribution < 1.29 is 32.0 Å². The van der Waals surface area contributed by atoms with Crippen molar-refractivity contribution >= 4 is 11.9 Å². The molecule has 0 saturated carbocycles. The number of amides is 2. The summed E-state index contributed by atoms with van der Waals surface area (Å²) in [6.45, 7) is 5.43. The number of benzene rings is 2. The van der Waals surface area contributed by atoms with Crippen molar-refractivity contribution in [1.82, 2.24) is 10.1 Å². The summed E-state index contributed by atoms with van der Waals surface area (Å²) in [6, 6.07) is 13.7. The van der Waals surface area contributed by atoms with E-state index in [0.717, 1.165) is 47.2 Å². The van der Waals surface area contributed by atoms with Gasteiger partial charge in [-0.05, 0) is 61.9 Å². The summed E-state index contributed by atoms with van der Waals surface area (Å²) < 4.78 is 52.8. The van der Waals surface area contributed by atoms with Gasteiger partial charge < -0.3 is 18.9 Å². The van der Waals surface area contributed by atoms with E-state index in [9.17, 15) is 18.0 Å². The van der Waals surface area contributed by atoms with E-state index in [2.05, 4.69) is 27.3 Å². The topological polar surface area (TPSA) is 76.8 Å². The Morgan fingerprint density at radius 2 is 1.84 bits per heavy atom. The number of nitrogens with zero attached hydrogens (tertiary/aromatic N) is 2. The highest BCUT2D eigenvalue weighted by Crippen LogP contribution is 2.43. The van der Waals surface area contributed by atoms with Gasteiger partial charge in [0.1, 0.15) is 5.75 Å². The van der Waals surface area contributed by atoms with Crippen LogP contribution < -0.4 is 10.1 Å². The van der Waals surface area contributed by atoms with Crippen LogP contribution in [0.2, 0.25) is 0 Å². The van der Waals surface area contributed by atoms with Gasteiger partial charge in [0.2, 0.25) is 5.88 Å². The Hall–Kier alpha value is -3.53. The van der Waals surface area contributed by atoms with Crippen LogP contribution in [0.5, 0.6) is 5.75 Å². The Balaban J connectivity index is 1.19. The van der Waals surface area contributed by atoms with Gasteiger partial charge in [-0.2, -0.15) is 0 Å². The summed E-state index contributed by atoms with van der Waals surface area (Å²) in [7, 11) is 0. The van der Waals surface area contributed by atoms with Crippen LogP contribution in [0.1, 0.15) is 42.0 Å². The van der Waals surface area contributed by atoms with E-state index in [1.54, 1.807) is 17.0 Å². The van der Waals surface area contributed by atoms with Crippen molar-refractivity contribution in [2.45, 2.75) is 51.0 Å². The third kappa shape index (κ3) is 5.58. The predicted molar refractivity (Wildman–Crippen MR) is 130 cm³/mol. The lowest BCUT2D eigenvalue weighted by Gasteiger charge is -2.38. The van der Waals surface area contributed by atoms with Crippen molar-refractivity contribution in [3.05, 3.63) is 65.4 Å². The van der Waals surface area contributed by atoms with Gasteiger partial charge in [-0.15, -0.1) is 13.2 Å². The second kappa shape index (κ2) is 9.74. The van der Waals surface area contributed by atoms with Crippen LogP contribution in [0.15, 0.2) is 53.1 Å².